The van der Waals surface area contributed by atoms with Crippen molar-refractivity contribution in [3.8, 4) is 0 Å². The largest absolute Gasteiger partial charge is 0.444 e. The van der Waals surface area contributed by atoms with E-state index < -0.39 is 41.1 Å². The molecule has 0 bridgehead atoms. The molecule has 254 valence electrons. The summed E-state index contributed by atoms with van der Waals surface area (Å²) in [7, 11) is 1.60. The summed E-state index contributed by atoms with van der Waals surface area (Å²) in [5.41, 5.74) is -0.582. The molecule has 0 radical (unpaired) electrons. The minimum Gasteiger partial charge on any atom is -0.444 e. The van der Waals surface area contributed by atoms with Gasteiger partial charge in [0, 0.05) is 26.5 Å². The monoisotopic (exact) mass is 650 g/mol. The number of nitrogens with one attached hydrogen (secondary N) is 4. The van der Waals surface area contributed by atoms with Crippen molar-refractivity contribution in [3.63, 3.8) is 0 Å². The second-order valence-electron chi connectivity index (χ2n) is 12.4. The van der Waals surface area contributed by atoms with E-state index in [9.17, 15) is 19.2 Å². The van der Waals surface area contributed by atoms with Crippen LogP contribution in [0.4, 0.5) is 10.6 Å². The Morgan fingerprint density at radius 3 is 2.21 bits per heavy atom. The van der Waals surface area contributed by atoms with E-state index >= 15 is 0 Å². The van der Waals surface area contributed by atoms with Crippen LogP contribution in [0.15, 0.2) is 73.2 Å². The third-order valence-corrected chi connectivity index (χ3v) is 6.74. The van der Waals surface area contributed by atoms with E-state index in [0.29, 0.717) is 19.6 Å². The van der Waals surface area contributed by atoms with Gasteiger partial charge < -0.3 is 40.0 Å². The van der Waals surface area contributed by atoms with Gasteiger partial charge in [-0.25, -0.2) is 9.78 Å². The van der Waals surface area contributed by atoms with Crippen LogP contribution in [0, 0.1) is 0 Å². The number of alkyl carbamates (subject to hydrolysis) is 1. The Hall–Kier alpha value is -4.75. The number of ether oxygens (including phenoxy) is 3. The number of hydrogen-bond acceptors (Lipinski definition) is 8. The highest BCUT2D eigenvalue weighted by Crippen LogP contribution is 2.21. The standard InChI is InChI=1S/C34H46N6O7/c1-33(2,3)47-32(44)39-34(4,5)31(43)37-26(22-46-21-24-14-9-7-10-15-24)29(41)38-27-20-40(23-36-27)28(25-16-11-8-12-17-25)30(42)35-18-13-19-45-6/h7-12,14-17,20,23,26,28H,13,18-19,21-22H2,1-6H3,(H,35,42)(H,37,43)(H,38,41)(H,39,44). The van der Waals surface area contributed by atoms with Crippen molar-refractivity contribution in [3.05, 3.63) is 84.3 Å². The van der Waals surface area contributed by atoms with Gasteiger partial charge in [0.05, 0.1) is 19.5 Å². The molecule has 0 aliphatic carbocycles. The summed E-state index contributed by atoms with van der Waals surface area (Å²) in [6, 6.07) is 16.7. The number of carbonyl (C=O) groups excluding carboxylic acids is 4. The Balaban J connectivity index is 1.76. The predicted octanol–water partition coefficient (Wildman–Crippen LogP) is 3.57. The van der Waals surface area contributed by atoms with Crippen molar-refractivity contribution in [2.45, 2.75) is 70.9 Å². The lowest BCUT2D eigenvalue weighted by Gasteiger charge is -2.29. The molecular formula is C34H46N6O7. The lowest BCUT2D eigenvalue weighted by molar-refractivity contribution is -0.131. The quantitative estimate of drug-likeness (QED) is 0.171. The highest BCUT2D eigenvalue weighted by Gasteiger charge is 2.35. The van der Waals surface area contributed by atoms with Crippen LogP contribution in [0.25, 0.3) is 0 Å². The number of anilines is 1. The van der Waals surface area contributed by atoms with Crippen LogP contribution in [-0.2, 0) is 35.2 Å². The van der Waals surface area contributed by atoms with Gasteiger partial charge in [-0.15, -0.1) is 0 Å². The average Bonchev–Trinajstić information content (AvgIpc) is 3.46. The fraction of sp³-hybridized carbons (Fsp3) is 0.441. The molecule has 4 amide bonds. The third kappa shape index (κ3) is 12.2. The fourth-order valence-corrected chi connectivity index (χ4v) is 4.38. The SMILES string of the molecule is COCCCNC(=O)C(c1ccccc1)n1cnc(NC(=O)C(COCc2ccccc2)NC(=O)C(C)(C)NC(=O)OC(C)(C)C)c1. The molecule has 3 rings (SSSR count). The Labute approximate surface area is 275 Å². The molecule has 13 heteroatoms. The number of nitrogens with zero attached hydrogens (tertiary/aromatic N) is 2. The number of carbonyl (C=O) groups is 4. The molecule has 47 heavy (non-hydrogen) atoms. The van der Waals surface area contributed by atoms with E-state index in [1.807, 2.05) is 60.7 Å². The first-order chi connectivity index (χ1) is 22.3. The van der Waals surface area contributed by atoms with Gasteiger partial charge in [0.25, 0.3) is 5.91 Å². The highest BCUT2D eigenvalue weighted by molar-refractivity contribution is 5.98. The van der Waals surface area contributed by atoms with Gasteiger partial charge in [0.1, 0.15) is 23.2 Å². The van der Waals surface area contributed by atoms with Crippen molar-refractivity contribution in [2.75, 3.05) is 32.2 Å². The molecule has 0 aliphatic heterocycles. The van der Waals surface area contributed by atoms with Crippen LogP contribution in [0.2, 0.25) is 0 Å². The summed E-state index contributed by atoms with van der Waals surface area (Å²) in [5.74, 6) is -1.32. The van der Waals surface area contributed by atoms with Crippen molar-refractivity contribution in [2.24, 2.45) is 0 Å². The van der Waals surface area contributed by atoms with Gasteiger partial charge >= 0.3 is 6.09 Å². The smallest absolute Gasteiger partial charge is 0.408 e. The van der Waals surface area contributed by atoms with E-state index in [2.05, 4.69) is 26.3 Å². The van der Waals surface area contributed by atoms with Crippen LogP contribution in [0.1, 0.15) is 58.2 Å². The molecule has 0 fully saturated rings. The summed E-state index contributed by atoms with van der Waals surface area (Å²) < 4.78 is 17.8. The second-order valence-corrected chi connectivity index (χ2v) is 12.4. The third-order valence-electron chi connectivity index (χ3n) is 6.74. The van der Waals surface area contributed by atoms with E-state index in [0.717, 1.165) is 11.1 Å². The Kier molecular flexibility index (Phi) is 13.5. The second kappa shape index (κ2) is 17.2. The number of benzene rings is 2. The van der Waals surface area contributed by atoms with Crippen molar-refractivity contribution in [1.82, 2.24) is 25.5 Å². The maximum absolute atomic E-state index is 13.6. The van der Waals surface area contributed by atoms with Gasteiger partial charge in [-0.05, 0) is 52.2 Å². The molecule has 3 aromatic rings. The maximum atomic E-state index is 13.6. The van der Waals surface area contributed by atoms with Crippen LogP contribution < -0.4 is 21.3 Å². The summed E-state index contributed by atoms with van der Waals surface area (Å²) in [6.45, 7) is 9.10. The zero-order valence-corrected chi connectivity index (χ0v) is 27.9. The van der Waals surface area contributed by atoms with Crippen LogP contribution >= 0.6 is 0 Å². The van der Waals surface area contributed by atoms with Crippen LogP contribution in [-0.4, -0.2) is 77.4 Å². The van der Waals surface area contributed by atoms with Gasteiger partial charge in [-0.2, -0.15) is 0 Å². The average molecular weight is 651 g/mol. The van der Waals surface area contributed by atoms with E-state index in [1.54, 1.807) is 38.6 Å². The van der Waals surface area contributed by atoms with Crippen molar-refractivity contribution >= 4 is 29.6 Å². The normalized spacial score (nSPS) is 12.8. The highest BCUT2D eigenvalue weighted by atomic mass is 16.6. The maximum Gasteiger partial charge on any atom is 0.408 e. The first-order valence-corrected chi connectivity index (χ1v) is 15.4. The number of methoxy groups -OCH3 is 1. The van der Waals surface area contributed by atoms with Crippen molar-refractivity contribution < 1.29 is 33.4 Å². The molecule has 1 heterocycles. The molecule has 4 N–H and O–H groups in total. The number of aromatic nitrogens is 2. The summed E-state index contributed by atoms with van der Waals surface area (Å²) in [5, 5.41) is 10.9. The molecule has 13 nitrogen and oxygen atoms in total. The summed E-state index contributed by atoms with van der Waals surface area (Å²) in [6.07, 6.45) is 2.87. The Bertz CT molecular complexity index is 1450. The van der Waals surface area contributed by atoms with E-state index in [-0.39, 0.29) is 24.9 Å². The first kappa shape index (κ1) is 36.7. The molecule has 1 aromatic heterocycles. The molecular weight excluding hydrogens is 604 g/mol. The first-order valence-electron chi connectivity index (χ1n) is 15.4. The summed E-state index contributed by atoms with van der Waals surface area (Å²) in [4.78, 5) is 56.9. The van der Waals surface area contributed by atoms with Gasteiger partial charge in [0.2, 0.25) is 11.8 Å². The lowest BCUT2D eigenvalue weighted by atomic mass is 10.0. The molecule has 2 aromatic carbocycles. The summed E-state index contributed by atoms with van der Waals surface area (Å²) >= 11 is 0. The molecule has 2 atom stereocenters. The minimum absolute atomic E-state index is 0.163. The van der Waals surface area contributed by atoms with Gasteiger partial charge in [-0.1, -0.05) is 60.7 Å². The zero-order valence-electron chi connectivity index (χ0n) is 27.9. The van der Waals surface area contributed by atoms with Gasteiger partial charge in [-0.3, -0.25) is 14.4 Å². The molecule has 0 aliphatic rings. The van der Waals surface area contributed by atoms with Crippen LogP contribution in [0.5, 0.6) is 0 Å². The number of amides is 4. The zero-order chi connectivity index (χ0) is 34.5. The Morgan fingerprint density at radius 2 is 1.57 bits per heavy atom. The lowest BCUT2D eigenvalue weighted by Crippen LogP contribution is -2.59. The predicted molar refractivity (Wildman–Crippen MR) is 176 cm³/mol. The molecule has 0 spiro atoms. The topological polar surface area (TPSA) is 162 Å². The number of rotatable bonds is 16. The molecule has 0 saturated carbocycles. The Morgan fingerprint density at radius 1 is 0.915 bits per heavy atom. The van der Waals surface area contributed by atoms with E-state index in [1.165, 1.54) is 20.2 Å². The van der Waals surface area contributed by atoms with Crippen molar-refractivity contribution in [1.29, 1.82) is 0 Å². The fourth-order valence-electron chi connectivity index (χ4n) is 4.38. The minimum atomic E-state index is -1.43. The number of imidazole rings is 1. The number of hydrogen-bond donors (Lipinski definition) is 4. The molecule has 0 saturated heterocycles. The van der Waals surface area contributed by atoms with Crippen LogP contribution in [0.3, 0.4) is 0 Å². The van der Waals surface area contributed by atoms with E-state index in [4.69, 9.17) is 14.2 Å². The molecule has 2 unspecified atom stereocenters. The van der Waals surface area contributed by atoms with Gasteiger partial charge in [0.15, 0.2) is 5.82 Å².